The van der Waals surface area contributed by atoms with E-state index in [9.17, 15) is 5.02 Å². The quantitative estimate of drug-likeness (QED) is 0.101. The number of nitrogens with zero attached hydrogens (tertiary/aromatic N) is 7. The number of ether oxygens (including phenoxy) is 3. The second kappa shape index (κ2) is 16.9. The third kappa shape index (κ3) is 8.75. The number of hydrogen-bond acceptors (Lipinski definition) is 12. The van der Waals surface area contributed by atoms with Crippen molar-refractivity contribution in [1.29, 1.82) is 0 Å². The lowest BCUT2D eigenvalue weighted by molar-refractivity contribution is -0.0298. The molecule has 0 bridgehead atoms. The summed E-state index contributed by atoms with van der Waals surface area (Å²) >= 11 is 0. The molecule has 1 fully saturated rings. The van der Waals surface area contributed by atoms with E-state index in [4.69, 9.17) is 19.9 Å². The van der Waals surface area contributed by atoms with Crippen LogP contribution in [0.25, 0.3) is 44.8 Å². The van der Waals surface area contributed by atoms with Crippen molar-refractivity contribution in [2.45, 2.75) is 45.2 Å². The van der Waals surface area contributed by atoms with E-state index in [0.29, 0.717) is 32.0 Å². The Morgan fingerprint density at radius 1 is 0.939 bits per heavy atom. The number of benzene rings is 2. The minimum Gasteiger partial charge on any atom is -0.494 e. The maximum absolute atomic E-state index is 9.22. The van der Waals surface area contributed by atoms with E-state index >= 15 is 0 Å². The zero-order chi connectivity index (χ0) is 33.8. The van der Waals surface area contributed by atoms with Crippen LogP contribution in [0.15, 0.2) is 73.8 Å². The molecule has 0 amide bonds. The van der Waals surface area contributed by atoms with Crippen LogP contribution in [0.4, 0.5) is 0 Å². The van der Waals surface area contributed by atoms with Crippen molar-refractivity contribution in [3.8, 4) is 34.0 Å². The second-order valence-corrected chi connectivity index (χ2v) is 11.6. The first kappa shape index (κ1) is 33.9. The van der Waals surface area contributed by atoms with Crippen molar-refractivity contribution in [3.63, 3.8) is 0 Å². The molecule has 1 unspecified atom stereocenters. The average molecular weight is 665 g/mol. The highest BCUT2D eigenvalue weighted by Crippen LogP contribution is 2.31. The van der Waals surface area contributed by atoms with E-state index < -0.39 is 7.05 Å². The third-order valence-corrected chi connectivity index (χ3v) is 7.91. The lowest BCUT2D eigenvalue weighted by Gasteiger charge is -2.23. The first-order valence-electron chi connectivity index (χ1n) is 16.6. The predicted octanol–water partition coefficient (Wildman–Crippen LogP) is 4.41. The highest BCUT2D eigenvalue weighted by Gasteiger charge is 2.20. The molecule has 5 heterocycles. The van der Waals surface area contributed by atoms with Gasteiger partial charge >= 0.3 is 7.05 Å². The van der Waals surface area contributed by atoms with E-state index in [-0.39, 0.29) is 6.23 Å². The molecule has 254 valence electrons. The Morgan fingerprint density at radius 2 is 1.67 bits per heavy atom. The first-order chi connectivity index (χ1) is 24.1. The molecular weight excluding hydrogens is 623 g/mol. The molecule has 0 saturated carbocycles. The molecule has 4 aromatic heterocycles. The van der Waals surface area contributed by atoms with E-state index in [1.54, 1.807) is 25.8 Å². The number of aromatic nitrogens is 8. The Bertz CT molecular complexity index is 1930. The molecule has 1 aliphatic rings. The van der Waals surface area contributed by atoms with Gasteiger partial charge < -0.3 is 35.2 Å². The van der Waals surface area contributed by atoms with Crippen molar-refractivity contribution in [1.82, 2.24) is 44.7 Å². The van der Waals surface area contributed by atoms with Crippen LogP contribution in [0.2, 0.25) is 6.82 Å². The molecule has 0 radical (unpaired) electrons. The minimum atomic E-state index is -0.502. The topological polar surface area (TPSA) is 184 Å². The van der Waals surface area contributed by atoms with Gasteiger partial charge in [-0.3, -0.25) is 4.57 Å². The Balaban J connectivity index is 0.000000182. The van der Waals surface area contributed by atoms with Gasteiger partial charge in [-0.15, -0.1) is 0 Å². The van der Waals surface area contributed by atoms with Gasteiger partial charge in [0.25, 0.3) is 0 Å². The number of hydrogen-bond donors (Lipinski definition) is 4. The van der Waals surface area contributed by atoms with Crippen LogP contribution in [-0.2, 0) is 4.74 Å². The van der Waals surface area contributed by atoms with Crippen LogP contribution in [-0.4, -0.2) is 84.4 Å². The zero-order valence-electron chi connectivity index (χ0n) is 27.5. The van der Waals surface area contributed by atoms with Gasteiger partial charge in [-0.1, -0.05) is 24.3 Å². The van der Waals surface area contributed by atoms with Crippen LogP contribution in [0, 0.1) is 0 Å². The van der Waals surface area contributed by atoms with Gasteiger partial charge in [0, 0.05) is 17.7 Å². The number of imidazole rings is 2. The van der Waals surface area contributed by atoms with Crippen LogP contribution < -0.4 is 20.4 Å². The zero-order valence-corrected chi connectivity index (χ0v) is 27.5. The number of fused-ring (bicyclic) bond motifs is 2. The number of nitrogens with one attached hydrogen (secondary N) is 2. The largest absolute Gasteiger partial charge is 0.494 e. The summed E-state index contributed by atoms with van der Waals surface area (Å²) in [5.41, 5.74) is 12.0. The maximum Gasteiger partial charge on any atom is 0.373 e. The van der Waals surface area contributed by atoms with E-state index in [1.165, 1.54) is 6.33 Å². The minimum absolute atomic E-state index is 0.0126. The summed E-state index contributed by atoms with van der Waals surface area (Å²) in [4.78, 5) is 29.2. The molecule has 0 aliphatic carbocycles. The van der Waals surface area contributed by atoms with E-state index in [1.807, 2.05) is 53.1 Å². The average Bonchev–Trinajstić information content (AvgIpc) is 3.80. The van der Waals surface area contributed by atoms with Gasteiger partial charge in [0.05, 0.1) is 31.6 Å². The van der Waals surface area contributed by atoms with Gasteiger partial charge in [0.1, 0.15) is 47.1 Å². The van der Waals surface area contributed by atoms with Crippen molar-refractivity contribution < 1.29 is 19.2 Å². The molecule has 15 heteroatoms. The molecule has 14 nitrogen and oxygen atoms in total. The van der Waals surface area contributed by atoms with Crippen LogP contribution in [0.5, 0.6) is 11.5 Å². The van der Waals surface area contributed by atoms with Crippen molar-refractivity contribution in [3.05, 3.63) is 73.8 Å². The Kier molecular flexibility index (Phi) is 11.7. The lowest BCUT2D eigenvalue weighted by atomic mass is 9.89. The van der Waals surface area contributed by atoms with Gasteiger partial charge in [-0.25, -0.2) is 29.9 Å². The summed E-state index contributed by atoms with van der Waals surface area (Å²) in [6, 6.07) is 15.7. The van der Waals surface area contributed by atoms with Crippen molar-refractivity contribution in [2.75, 3.05) is 32.9 Å². The summed E-state index contributed by atoms with van der Waals surface area (Å²) in [5, 5.41) is 12.2. The number of nitrogens with two attached hydrogens (primary N) is 1. The monoisotopic (exact) mass is 664 g/mol. The number of rotatable bonds is 13. The third-order valence-electron chi connectivity index (χ3n) is 7.91. The summed E-state index contributed by atoms with van der Waals surface area (Å²) in [6.45, 7) is 4.98. The Morgan fingerprint density at radius 3 is 2.41 bits per heavy atom. The summed E-state index contributed by atoms with van der Waals surface area (Å²) in [7, 11) is -0.502. The normalized spacial score (nSPS) is 14.4. The number of H-pyrrole nitrogens is 1. The highest BCUT2D eigenvalue weighted by atomic mass is 16.5. The standard InChI is InChI=1S/C20H26BN5O3.C14H15N5O/c1-21(27)25-9-5-11-28-16-7-4-6-15(12-16)18-19-20(23-13-22-18)26(14-24-19)17-8-2-3-10-29-17;15-5-2-6-20-11-4-1-3-10(7-11)12-13-14(18-8-16-12)19-9-17-13/h4,6-7,12-14,17,25,27H,2-3,5,8-11H2,1H3;1,3-4,7-9H,2,5-6,15H2,(H,16,17,18,19). The summed E-state index contributed by atoms with van der Waals surface area (Å²) in [5.74, 6) is 1.59. The molecule has 49 heavy (non-hydrogen) atoms. The van der Waals surface area contributed by atoms with Gasteiger partial charge in [0.2, 0.25) is 0 Å². The number of aromatic amines is 1. The molecule has 5 N–H and O–H groups in total. The van der Waals surface area contributed by atoms with Crippen molar-refractivity contribution >= 4 is 29.4 Å². The van der Waals surface area contributed by atoms with Crippen molar-refractivity contribution in [2.24, 2.45) is 5.73 Å². The molecule has 1 aliphatic heterocycles. The lowest BCUT2D eigenvalue weighted by Crippen LogP contribution is -2.31. The second-order valence-electron chi connectivity index (χ2n) is 11.6. The van der Waals surface area contributed by atoms with Crippen LogP contribution in [0.1, 0.15) is 38.3 Å². The van der Waals surface area contributed by atoms with Gasteiger partial charge in [-0.2, -0.15) is 0 Å². The highest BCUT2D eigenvalue weighted by molar-refractivity contribution is 6.45. The van der Waals surface area contributed by atoms with Gasteiger partial charge in [0.15, 0.2) is 11.3 Å². The van der Waals surface area contributed by atoms with E-state index in [2.05, 4.69) is 40.1 Å². The Labute approximate surface area is 284 Å². The van der Waals surface area contributed by atoms with Crippen LogP contribution >= 0.6 is 0 Å². The molecule has 0 spiro atoms. The fraction of sp³-hybridized carbons (Fsp3) is 0.353. The Hall–Kier alpha value is -4.96. The van der Waals surface area contributed by atoms with Crippen LogP contribution in [0.3, 0.4) is 0 Å². The fourth-order valence-electron chi connectivity index (χ4n) is 5.51. The van der Waals surface area contributed by atoms with E-state index in [0.717, 1.165) is 89.4 Å². The first-order valence-corrected chi connectivity index (χ1v) is 16.6. The summed E-state index contributed by atoms with van der Waals surface area (Å²) < 4.78 is 19.4. The van der Waals surface area contributed by atoms with Gasteiger partial charge in [-0.05, 0) is 76.3 Å². The molecule has 2 aromatic carbocycles. The maximum atomic E-state index is 9.22. The molecular formula is C34H41BN10O4. The molecule has 1 saturated heterocycles. The molecule has 1 atom stereocenters. The summed E-state index contributed by atoms with van der Waals surface area (Å²) in [6.07, 6.45) is 11.4. The molecule has 7 rings (SSSR count). The predicted molar refractivity (Wildman–Crippen MR) is 188 cm³/mol. The fourth-order valence-corrected chi connectivity index (χ4v) is 5.51. The SMILES string of the molecule is CB(O)NCCCOc1cccc(-c2ncnc3c2ncn3C2CCCCO2)c1.NCCCOc1cccc(-c2ncnc3nc[nH]c23)c1. The molecule has 6 aromatic rings. The smallest absolute Gasteiger partial charge is 0.373 e.